The molecule has 0 fully saturated rings. The van der Waals surface area contributed by atoms with Crippen molar-refractivity contribution in [1.29, 1.82) is 0 Å². The zero-order chi connectivity index (χ0) is 25.2. The van der Waals surface area contributed by atoms with Crippen LogP contribution in [0.3, 0.4) is 0 Å². The Hall–Kier alpha value is -4.72. The van der Waals surface area contributed by atoms with E-state index < -0.39 is 23.7 Å². The molecule has 0 atom stereocenters. The molecule has 35 heavy (non-hydrogen) atoms. The Morgan fingerprint density at radius 2 is 1.26 bits per heavy atom. The van der Waals surface area contributed by atoms with Gasteiger partial charge < -0.3 is 18.9 Å². The second-order valence-corrected chi connectivity index (χ2v) is 6.98. The summed E-state index contributed by atoms with van der Waals surface area (Å²) in [5, 5.41) is 0. The van der Waals surface area contributed by atoms with Gasteiger partial charge in [-0.2, -0.15) is 4.39 Å². The van der Waals surface area contributed by atoms with Crippen molar-refractivity contribution in [1.82, 2.24) is 0 Å². The van der Waals surface area contributed by atoms with Crippen molar-refractivity contribution in [2.75, 3.05) is 13.2 Å². The van der Waals surface area contributed by atoms with Crippen molar-refractivity contribution in [3.63, 3.8) is 0 Å². The van der Waals surface area contributed by atoms with Crippen molar-refractivity contribution in [2.24, 2.45) is 0 Å². The second-order valence-electron chi connectivity index (χ2n) is 6.98. The molecule has 0 radical (unpaired) electrons. The minimum atomic E-state index is -1.18. The molecule has 8 heteroatoms. The predicted octanol–water partition coefficient (Wildman–Crippen LogP) is 5.07. The molecule has 0 unspecified atom stereocenters. The molecule has 3 aromatic carbocycles. The fourth-order valence-electron chi connectivity index (χ4n) is 2.81. The summed E-state index contributed by atoms with van der Waals surface area (Å²) in [4.78, 5) is 34.7. The Bertz CT molecular complexity index is 1210. The SMILES string of the molecule is C=CC(=O)OCCOc1ccc(OC(=O)c2ccc(-c3ccc(OC(=O)C(=C)F)cc3)cc2)cc1. The number of carbonyl (C=O) groups is 3. The van der Waals surface area contributed by atoms with Gasteiger partial charge in [-0.3, -0.25) is 0 Å². The molecule has 0 aliphatic rings. The van der Waals surface area contributed by atoms with Gasteiger partial charge in [0.15, 0.2) is 0 Å². The highest BCUT2D eigenvalue weighted by Crippen LogP contribution is 2.24. The largest absolute Gasteiger partial charge is 0.490 e. The Balaban J connectivity index is 1.53. The van der Waals surface area contributed by atoms with E-state index in [4.69, 9.17) is 18.9 Å². The fourth-order valence-corrected chi connectivity index (χ4v) is 2.81. The van der Waals surface area contributed by atoms with Crippen LogP contribution in [0.2, 0.25) is 0 Å². The second kappa shape index (κ2) is 11.9. The number of ether oxygens (including phenoxy) is 4. The molecule has 0 saturated carbocycles. The number of carbonyl (C=O) groups excluding carboxylic acids is 3. The minimum Gasteiger partial charge on any atom is -0.490 e. The topological polar surface area (TPSA) is 88.1 Å². The van der Waals surface area contributed by atoms with Gasteiger partial charge in [-0.05, 0) is 59.7 Å². The average molecular weight is 476 g/mol. The lowest BCUT2D eigenvalue weighted by Gasteiger charge is -2.09. The lowest BCUT2D eigenvalue weighted by atomic mass is 10.0. The summed E-state index contributed by atoms with van der Waals surface area (Å²) in [6.07, 6.45) is 1.07. The quantitative estimate of drug-likeness (QED) is 0.175. The van der Waals surface area contributed by atoms with E-state index in [0.717, 1.165) is 17.2 Å². The van der Waals surface area contributed by atoms with Gasteiger partial charge in [-0.1, -0.05) is 37.4 Å². The van der Waals surface area contributed by atoms with Gasteiger partial charge in [0.05, 0.1) is 5.56 Å². The molecular weight excluding hydrogens is 455 g/mol. The van der Waals surface area contributed by atoms with Crippen molar-refractivity contribution in [2.45, 2.75) is 0 Å². The molecule has 0 bridgehead atoms. The number of halogens is 1. The third-order valence-corrected chi connectivity index (χ3v) is 4.54. The molecule has 178 valence electrons. The van der Waals surface area contributed by atoms with Crippen molar-refractivity contribution < 1.29 is 37.7 Å². The zero-order valence-electron chi connectivity index (χ0n) is 18.6. The van der Waals surface area contributed by atoms with E-state index in [1.807, 2.05) is 0 Å². The Morgan fingerprint density at radius 3 is 1.83 bits per heavy atom. The lowest BCUT2D eigenvalue weighted by Crippen LogP contribution is -2.10. The number of benzene rings is 3. The summed E-state index contributed by atoms with van der Waals surface area (Å²) >= 11 is 0. The summed E-state index contributed by atoms with van der Waals surface area (Å²) in [6.45, 7) is 6.45. The number of hydrogen-bond acceptors (Lipinski definition) is 7. The van der Waals surface area contributed by atoms with Gasteiger partial charge in [-0.15, -0.1) is 0 Å². The van der Waals surface area contributed by atoms with Gasteiger partial charge in [-0.25, -0.2) is 14.4 Å². The predicted molar refractivity (Wildman–Crippen MR) is 126 cm³/mol. The molecular formula is C27H21FO7. The lowest BCUT2D eigenvalue weighted by molar-refractivity contribution is -0.138. The summed E-state index contributed by atoms with van der Waals surface area (Å²) in [5.41, 5.74) is 1.97. The van der Waals surface area contributed by atoms with Gasteiger partial charge in [0.25, 0.3) is 0 Å². The van der Waals surface area contributed by atoms with E-state index in [-0.39, 0.29) is 19.0 Å². The summed E-state index contributed by atoms with van der Waals surface area (Å²) < 4.78 is 33.2. The van der Waals surface area contributed by atoms with Crippen LogP contribution < -0.4 is 14.2 Å². The molecule has 0 spiro atoms. The maximum Gasteiger partial charge on any atom is 0.371 e. The van der Waals surface area contributed by atoms with Crippen molar-refractivity contribution >= 4 is 17.9 Å². The van der Waals surface area contributed by atoms with Crippen LogP contribution in [0.25, 0.3) is 11.1 Å². The maximum atomic E-state index is 12.7. The van der Waals surface area contributed by atoms with Crippen molar-refractivity contribution in [3.05, 3.63) is 103 Å². The highest BCUT2D eigenvalue weighted by Gasteiger charge is 2.11. The van der Waals surface area contributed by atoms with E-state index in [2.05, 4.69) is 13.2 Å². The van der Waals surface area contributed by atoms with Crippen LogP contribution in [0.5, 0.6) is 17.2 Å². The standard InChI is InChI=1S/C27H21FO7/c1-3-25(29)33-17-16-32-22-12-14-24(15-13-22)35-27(31)21-6-4-19(5-7-21)20-8-10-23(11-9-20)34-26(30)18(2)28/h3-15H,1-2,16-17H2. The smallest absolute Gasteiger partial charge is 0.371 e. The molecule has 7 nitrogen and oxygen atoms in total. The highest BCUT2D eigenvalue weighted by atomic mass is 19.1. The molecule has 0 amide bonds. The monoisotopic (exact) mass is 476 g/mol. The first-order valence-electron chi connectivity index (χ1n) is 10.4. The summed E-state index contributed by atoms with van der Waals surface area (Å²) in [5.74, 6) is -2.32. The third-order valence-electron chi connectivity index (χ3n) is 4.54. The third kappa shape index (κ3) is 7.40. The van der Waals surface area contributed by atoms with E-state index in [1.54, 1.807) is 60.7 Å². The molecule has 0 saturated heterocycles. The number of esters is 3. The molecule has 0 aliphatic heterocycles. The number of rotatable bonds is 10. The molecule has 3 aromatic rings. The molecule has 0 N–H and O–H groups in total. The van der Waals surface area contributed by atoms with Crippen LogP contribution in [0.4, 0.5) is 4.39 Å². The Kier molecular flexibility index (Phi) is 8.50. The van der Waals surface area contributed by atoms with Crippen LogP contribution in [-0.2, 0) is 14.3 Å². The zero-order valence-corrected chi connectivity index (χ0v) is 18.6. The first-order chi connectivity index (χ1) is 16.9. The van der Waals surface area contributed by atoms with Crippen LogP contribution in [0.15, 0.2) is 97.9 Å². The van der Waals surface area contributed by atoms with Crippen LogP contribution >= 0.6 is 0 Å². The molecule has 3 rings (SSSR count). The van der Waals surface area contributed by atoms with Gasteiger partial charge in [0, 0.05) is 6.08 Å². The molecule has 0 aromatic heterocycles. The molecule has 0 aliphatic carbocycles. The van der Waals surface area contributed by atoms with E-state index >= 15 is 0 Å². The van der Waals surface area contributed by atoms with Gasteiger partial charge >= 0.3 is 17.9 Å². The first-order valence-corrected chi connectivity index (χ1v) is 10.4. The van der Waals surface area contributed by atoms with Crippen molar-refractivity contribution in [3.8, 4) is 28.4 Å². The van der Waals surface area contributed by atoms with Crippen LogP contribution in [0, 0.1) is 0 Å². The highest BCUT2D eigenvalue weighted by molar-refractivity contribution is 5.91. The van der Waals surface area contributed by atoms with E-state index in [0.29, 0.717) is 17.1 Å². The van der Waals surface area contributed by atoms with Crippen LogP contribution in [-0.4, -0.2) is 31.1 Å². The van der Waals surface area contributed by atoms with Gasteiger partial charge in [0.1, 0.15) is 30.5 Å². The maximum absolute atomic E-state index is 12.7. The van der Waals surface area contributed by atoms with E-state index in [1.165, 1.54) is 12.1 Å². The first kappa shape index (κ1) is 24.9. The van der Waals surface area contributed by atoms with Gasteiger partial charge in [0.2, 0.25) is 5.83 Å². The number of hydrogen-bond donors (Lipinski definition) is 0. The molecule has 0 heterocycles. The fraction of sp³-hybridized carbons (Fsp3) is 0.0741. The van der Waals surface area contributed by atoms with Crippen LogP contribution in [0.1, 0.15) is 10.4 Å². The summed E-state index contributed by atoms with van der Waals surface area (Å²) in [7, 11) is 0. The summed E-state index contributed by atoms with van der Waals surface area (Å²) in [6, 6.07) is 19.6. The Morgan fingerprint density at radius 1 is 0.743 bits per heavy atom. The average Bonchev–Trinajstić information content (AvgIpc) is 2.87. The Labute approximate surface area is 201 Å². The van der Waals surface area contributed by atoms with E-state index in [9.17, 15) is 18.8 Å². The normalized spacial score (nSPS) is 10.1. The minimum absolute atomic E-state index is 0.0878.